The van der Waals surface area contributed by atoms with Gasteiger partial charge in [0.1, 0.15) is 5.82 Å². The van der Waals surface area contributed by atoms with Crippen molar-refractivity contribution in [2.24, 2.45) is 11.8 Å². The van der Waals surface area contributed by atoms with E-state index in [1.165, 1.54) is 18.9 Å². The topological polar surface area (TPSA) is 24.1 Å². The average molecular weight is 294 g/mol. The van der Waals surface area contributed by atoms with Crippen LogP contribution in [0.15, 0.2) is 18.2 Å². The van der Waals surface area contributed by atoms with Gasteiger partial charge in [0.25, 0.3) is 0 Å². The zero-order valence-corrected chi connectivity index (χ0v) is 13.2. The number of hydrogen-bond donors (Lipinski definition) is 2. The maximum Gasteiger partial charge on any atom is 0.171 e. The van der Waals surface area contributed by atoms with Crippen molar-refractivity contribution in [1.29, 1.82) is 0 Å². The molecule has 1 aromatic rings. The highest BCUT2D eigenvalue weighted by Gasteiger charge is 2.27. The summed E-state index contributed by atoms with van der Waals surface area (Å²) in [4.78, 5) is 0. The Labute approximate surface area is 126 Å². The van der Waals surface area contributed by atoms with Crippen LogP contribution in [0.3, 0.4) is 0 Å². The van der Waals surface area contributed by atoms with Crippen LogP contribution in [-0.4, -0.2) is 11.2 Å². The van der Waals surface area contributed by atoms with Crippen molar-refractivity contribution in [3.05, 3.63) is 29.6 Å². The van der Waals surface area contributed by atoms with Crippen LogP contribution in [0.1, 0.15) is 38.7 Å². The molecule has 1 aromatic carbocycles. The molecule has 2 rings (SSSR count). The molecule has 110 valence electrons. The normalized spacial score (nSPS) is 26.1. The van der Waals surface area contributed by atoms with Crippen molar-refractivity contribution < 1.29 is 4.39 Å². The number of aryl methyl sites for hydroxylation is 1. The van der Waals surface area contributed by atoms with Gasteiger partial charge in [0, 0.05) is 11.7 Å². The van der Waals surface area contributed by atoms with Gasteiger partial charge >= 0.3 is 0 Å². The molecular formula is C16H23FN2S. The minimum absolute atomic E-state index is 0.211. The third-order valence-electron chi connectivity index (χ3n) is 4.45. The molecular weight excluding hydrogens is 271 g/mol. The van der Waals surface area contributed by atoms with E-state index in [4.69, 9.17) is 12.2 Å². The molecule has 1 aliphatic rings. The largest absolute Gasteiger partial charge is 0.359 e. The third-order valence-corrected chi connectivity index (χ3v) is 4.67. The first kappa shape index (κ1) is 15.2. The summed E-state index contributed by atoms with van der Waals surface area (Å²) in [5.41, 5.74) is 1.34. The zero-order chi connectivity index (χ0) is 14.7. The molecule has 0 aromatic heterocycles. The lowest BCUT2D eigenvalue weighted by molar-refractivity contribution is 0.225. The standard InChI is InChI=1S/C16H23FN2S/c1-10-5-4-6-15(12(10)3)19-16(20)18-13-8-7-11(2)14(17)9-13/h7-10,12,15H,4-6H2,1-3H3,(H2,18,19,20). The van der Waals surface area contributed by atoms with Crippen LogP contribution in [0.5, 0.6) is 0 Å². The highest BCUT2D eigenvalue weighted by atomic mass is 32.1. The summed E-state index contributed by atoms with van der Waals surface area (Å²) in [5.74, 6) is 1.12. The van der Waals surface area contributed by atoms with Gasteiger partial charge in [-0.05, 0) is 55.1 Å². The number of thiocarbonyl (C=S) groups is 1. The molecule has 20 heavy (non-hydrogen) atoms. The first-order chi connectivity index (χ1) is 9.47. The van der Waals surface area contributed by atoms with Crippen molar-refractivity contribution in [2.75, 3.05) is 5.32 Å². The van der Waals surface area contributed by atoms with E-state index in [2.05, 4.69) is 24.5 Å². The predicted molar refractivity (Wildman–Crippen MR) is 86.5 cm³/mol. The lowest BCUT2D eigenvalue weighted by Gasteiger charge is -2.35. The Balaban J connectivity index is 1.93. The number of anilines is 1. The summed E-state index contributed by atoms with van der Waals surface area (Å²) in [5, 5.41) is 7.04. The number of halogens is 1. The van der Waals surface area contributed by atoms with Crippen molar-refractivity contribution in [3.8, 4) is 0 Å². The van der Waals surface area contributed by atoms with E-state index in [1.807, 2.05) is 6.07 Å². The fraction of sp³-hybridized carbons (Fsp3) is 0.562. The Bertz CT molecular complexity index is 489. The predicted octanol–water partition coefficient (Wildman–Crippen LogP) is 4.25. The Morgan fingerprint density at radius 1 is 1.30 bits per heavy atom. The SMILES string of the molecule is Cc1ccc(NC(=S)NC2CCCC(C)C2C)cc1F. The van der Waals surface area contributed by atoms with Gasteiger partial charge in [-0.3, -0.25) is 0 Å². The molecule has 3 atom stereocenters. The summed E-state index contributed by atoms with van der Waals surface area (Å²) < 4.78 is 13.5. The third kappa shape index (κ3) is 3.69. The summed E-state index contributed by atoms with van der Waals surface area (Å²) in [6.45, 7) is 6.32. The lowest BCUT2D eigenvalue weighted by Crippen LogP contribution is -2.45. The van der Waals surface area contributed by atoms with Crippen molar-refractivity contribution in [3.63, 3.8) is 0 Å². The minimum atomic E-state index is -0.211. The first-order valence-electron chi connectivity index (χ1n) is 7.31. The van der Waals surface area contributed by atoms with Gasteiger partial charge in [-0.15, -0.1) is 0 Å². The Morgan fingerprint density at radius 2 is 2.05 bits per heavy atom. The molecule has 0 spiro atoms. The van der Waals surface area contributed by atoms with Crippen LogP contribution in [0.4, 0.5) is 10.1 Å². The van der Waals surface area contributed by atoms with Crippen LogP contribution < -0.4 is 10.6 Å². The van der Waals surface area contributed by atoms with Crippen LogP contribution >= 0.6 is 12.2 Å². The molecule has 1 saturated carbocycles. The lowest BCUT2D eigenvalue weighted by atomic mass is 9.78. The Hall–Kier alpha value is -1.16. The summed E-state index contributed by atoms with van der Waals surface area (Å²) in [7, 11) is 0. The van der Waals surface area contributed by atoms with E-state index in [9.17, 15) is 4.39 Å². The quantitative estimate of drug-likeness (QED) is 0.798. The second-order valence-corrected chi connectivity index (χ2v) is 6.34. The summed E-state index contributed by atoms with van der Waals surface area (Å²) >= 11 is 5.34. The molecule has 1 fully saturated rings. The molecule has 0 bridgehead atoms. The van der Waals surface area contributed by atoms with E-state index in [0.717, 1.165) is 12.3 Å². The van der Waals surface area contributed by atoms with Crippen molar-refractivity contribution in [1.82, 2.24) is 5.32 Å². The number of rotatable bonds is 2. The molecule has 4 heteroatoms. The molecule has 2 nitrogen and oxygen atoms in total. The van der Waals surface area contributed by atoms with Gasteiger partial charge in [0.15, 0.2) is 5.11 Å². The van der Waals surface area contributed by atoms with E-state index in [0.29, 0.717) is 28.3 Å². The van der Waals surface area contributed by atoms with Crippen LogP contribution in [0.2, 0.25) is 0 Å². The zero-order valence-electron chi connectivity index (χ0n) is 12.4. The van der Waals surface area contributed by atoms with E-state index >= 15 is 0 Å². The molecule has 0 aliphatic heterocycles. The van der Waals surface area contributed by atoms with Gasteiger partial charge < -0.3 is 10.6 Å². The van der Waals surface area contributed by atoms with Crippen LogP contribution in [0.25, 0.3) is 0 Å². The van der Waals surface area contributed by atoms with Crippen molar-refractivity contribution >= 4 is 23.0 Å². The fourth-order valence-corrected chi connectivity index (χ4v) is 3.06. The second kappa shape index (κ2) is 6.53. The number of nitrogens with one attached hydrogen (secondary N) is 2. The maximum atomic E-state index is 13.5. The Kier molecular flexibility index (Phi) is 4.97. The van der Waals surface area contributed by atoms with E-state index < -0.39 is 0 Å². The van der Waals surface area contributed by atoms with Crippen LogP contribution in [-0.2, 0) is 0 Å². The molecule has 0 amide bonds. The summed E-state index contributed by atoms with van der Waals surface area (Å²) in [6, 6.07) is 5.50. The number of hydrogen-bond acceptors (Lipinski definition) is 1. The van der Waals surface area contributed by atoms with Gasteiger partial charge in [-0.2, -0.15) is 0 Å². The highest BCUT2D eigenvalue weighted by molar-refractivity contribution is 7.80. The first-order valence-corrected chi connectivity index (χ1v) is 7.72. The second-order valence-electron chi connectivity index (χ2n) is 5.94. The van der Waals surface area contributed by atoms with Gasteiger partial charge in [0.05, 0.1) is 0 Å². The average Bonchev–Trinajstić information content (AvgIpc) is 2.39. The molecule has 3 unspecified atom stereocenters. The highest BCUT2D eigenvalue weighted by Crippen LogP contribution is 2.29. The molecule has 0 saturated heterocycles. The Morgan fingerprint density at radius 3 is 2.75 bits per heavy atom. The minimum Gasteiger partial charge on any atom is -0.359 e. The van der Waals surface area contributed by atoms with Gasteiger partial charge in [-0.1, -0.05) is 32.8 Å². The van der Waals surface area contributed by atoms with E-state index in [-0.39, 0.29) is 5.82 Å². The maximum absolute atomic E-state index is 13.5. The molecule has 0 heterocycles. The van der Waals surface area contributed by atoms with E-state index in [1.54, 1.807) is 13.0 Å². The summed E-state index contributed by atoms with van der Waals surface area (Å²) in [6.07, 6.45) is 3.68. The van der Waals surface area contributed by atoms with Gasteiger partial charge in [-0.25, -0.2) is 4.39 Å². The number of benzene rings is 1. The van der Waals surface area contributed by atoms with Crippen LogP contribution in [0, 0.1) is 24.6 Å². The van der Waals surface area contributed by atoms with Crippen molar-refractivity contribution in [2.45, 2.75) is 46.1 Å². The molecule has 1 aliphatic carbocycles. The smallest absolute Gasteiger partial charge is 0.171 e. The fourth-order valence-electron chi connectivity index (χ4n) is 2.79. The molecule has 2 N–H and O–H groups in total. The molecule has 0 radical (unpaired) electrons. The monoisotopic (exact) mass is 294 g/mol. The van der Waals surface area contributed by atoms with Gasteiger partial charge in [0.2, 0.25) is 0 Å².